The number of carbonyl (C=O) groups excluding carboxylic acids is 2. The molecule has 2 unspecified atom stereocenters. The van der Waals surface area contributed by atoms with Crippen LogP contribution in [0.15, 0.2) is 12.2 Å². The minimum absolute atomic E-state index is 0. The van der Waals surface area contributed by atoms with Crippen molar-refractivity contribution in [3.8, 4) is 0 Å². The quantitative estimate of drug-likeness (QED) is 0.388. The highest BCUT2D eigenvalue weighted by Crippen LogP contribution is 2.27. The first-order chi connectivity index (χ1) is 10.1. The van der Waals surface area contributed by atoms with Crippen LogP contribution in [0.2, 0.25) is 0 Å². The van der Waals surface area contributed by atoms with Crippen LogP contribution in [0.5, 0.6) is 0 Å². The number of ether oxygens (including phenoxy) is 3. The molecule has 22 heavy (non-hydrogen) atoms. The van der Waals surface area contributed by atoms with Gasteiger partial charge in [-0.3, -0.25) is 9.59 Å². The molecule has 1 rings (SSSR count). The van der Waals surface area contributed by atoms with Crippen molar-refractivity contribution in [3.63, 3.8) is 0 Å². The summed E-state index contributed by atoms with van der Waals surface area (Å²) < 4.78 is 14.6. The van der Waals surface area contributed by atoms with E-state index in [1.165, 1.54) is 0 Å². The van der Waals surface area contributed by atoms with Gasteiger partial charge in [-0.2, -0.15) is 0 Å². The summed E-state index contributed by atoms with van der Waals surface area (Å²) in [6.45, 7) is 8.63. The highest BCUT2D eigenvalue weighted by molar-refractivity contribution is 5.71. The number of esters is 2. The van der Waals surface area contributed by atoms with Crippen molar-refractivity contribution in [3.05, 3.63) is 12.2 Å². The second-order valence-electron chi connectivity index (χ2n) is 4.52. The fourth-order valence-corrected chi connectivity index (χ4v) is 1.67. The molecule has 1 fully saturated rings. The monoisotopic (exact) mass is 316 g/mol. The molecule has 0 radical (unpaired) electrons. The van der Waals surface area contributed by atoms with Gasteiger partial charge >= 0.3 is 11.9 Å². The molecule has 5 heteroatoms. The molecular formula is C17H32O5. The lowest BCUT2D eigenvalue weighted by Crippen LogP contribution is -2.08. The molecule has 0 aromatic carbocycles. The third-order valence-electron chi connectivity index (χ3n) is 2.76. The van der Waals surface area contributed by atoms with Crippen LogP contribution in [-0.4, -0.2) is 37.4 Å². The molecule has 1 saturated heterocycles. The Hall–Kier alpha value is -1.36. The molecule has 0 aromatic rings. The summed E-state index contributed by atoms with van der Waals surface area (Å²) >= 11 is 0. The molecule has 5 nitrogen and oxygen atoms in total. The zero-order valence-electron chi connectivity index (χ0n) is 13.6. The van der Waals surface area contributed by atoms with Crippen LogP contribution in [-0.2, 0) is 23.8 Å². The van der Waals surface area contributed by atoms with Gasteiger partial charge in [0, 0.05) is 0 Å². The maximum Gasteiger partial charge on any atom is 0.309 e. The first-order valence-corrected chi connectivity index (χ1v) is 7.70. The van der Waals surface area contributed by atoms with Crippen molar-refractivity contribution in [2.45, 2.75) is 73.0 Å². The average Bonchev–Trinajstić information content (AvgIpc) is 3.18. The van der Waals surface area contributed by atoms with Crippen molar-refractivity contribution in [2.75, 3.05) is 13.2 Å². The molecule has 1 aliphatic heterocycles. The predicted molar refractivity (Wildman–Crippen MR) is 87.6 cm³/mol. The average molecular weight is 316 g/mol. The lowest BCUT2D eigenvalue weighted by molar-refractivity contribution is -0.143. The van der Waals surface area contributed by atoms with Gasteiger partial charge < -0.3 is 14.2 Å². The van der Waals surface area contributed by atoms with Gasteiger partial charge in [0.05, 0.1) is 38.3 Å². The Balaban J connectivity index is 0. The number of carbonyl (C=O) groups is 2. The molecule has 1 heterocycles. The molecule has 0 saturated carbocycles. The summed E-state index contributed by atoms with van der Waals surface area (Å²) in [5.41, 5.74) is 0. The molecule has 0 spiro atoms. The zero-order chi connectivity index (χ0) is 16.1. The summed E-state index contributed by atoms with van der Waals surface area (Å²) in [5.74, 6) is -0.291. The van der Waals surface area contributed by atoms with E-state index in [4.69, 9.17) is 14.2 Å². The standard InChI is InChI=1S/C8H14O3.C8H14O2.CH4/c1-3-6-7(11-6)5-8(9)10-4-2;1-3-5-6-7-8(9)10-4-2;/h6-7H,3-5H2,1-2H3;5-6H,3-4,7H2,1-2H3;1H4/b;6-5+;. The summed E-state index contributed by atoms with van der Waals surface area (Å²) in [4.78, 5) is 21.5. The van der Waals surface area contributed by atoms with Crippen LogP contribution < -0.4 is 0 Å². The Morgan fingerprint density at radius 3 is 2.00 bits per heavy atom. The molecule has 0 amide bonds. The number of allylic oxidation sites excluding steroid dienone is 1. The van der Waals surface area contributed by atoms with Crippen LogP contribution in [0.1, 0.15) is 60.8 Å². The third kappa shape index (κ3) is 12.4. The highest BCUT2D eigenvalue weighted by Gasteiger charge is 2.38. The first-order valence-electron chi connectivity index (χ1n) is 7.70. The second-order valence-corrected chi connectivity index (χ2v) is 4.52. The van der Waals surface area contributed by atoms with E-state index in [-0.39, 0.29) is 25.5 Å². The van der Waals surface area contributed by atoms with Crippen molar-refractivity contribution >= 4 is 11.9 Å². The van der Waals surface area contributed by atoms with E-state index in [9.17, 15) is 9.59 Å². The lowest BCUT2D eigenvalue weighted by atomic mass is 10.2. The maximum atomic E-state index is 10.9. The summed E-state index contributed by atoms with van der Waals surface area (Å²) in [6.07, 6.45) is 7.02. The molecule has 0 aliphatic carbocycles. The van der Waals surface area contributed by atoms with Gasteiger partial charge in [-0.25, -0.2) is 0 Å². The van der Waals surface area contributed by atoms with Gasteiger partial charge in [-0.15, -0.1) is 0 Å². The van der Waals surface area contributed by atoms with Crippen molar-refractivity contribution in [1.82, 2.24) is 0 Å². The fourth-order valence-electron chi connectivity index (χ4n) is 1.67. The minimum atomic E-state index is -0.146. The van der Waals surface area contributed by atoms with Gasteiger partial charge in [0.25, 0.3) is 0 Å². The Labute approximate surface area is 135 Å². The van der Waals surface area contributed by atoms with E-state index in [1.54, 1.807) is 6.92 Å². The summed E-state index contributed by atoms with van der Waals surface area (Å²) in [5, 5.41) is 0. The molecule has 0 N–H and O–H groups in total. The SMILES string of the molecule is C.CC/C=C/CC(=O)OCC.CCOC(=O)CC1OC1CC. The predicted octanol–water partition coefficient (Wildman–Crippen LogP) is 3.66. The molecule has 2 atom stereocenters. The molecule has 130 valence electrons. The number of epoxide rings is 1. The van der Waals surface area contributed by atoms with Crippen molar-refractivity contribution < 1.29 is 23.8 Å². The molecule has 0 aromatic heterocycles. The zero-order valence-corrected chi connectivity index (χ0v) is 13.6. The second kappa shape index (κ2) is 14.6. The van der Waals surface area contributed by atoms with Crippen LogP contribution in [0, 0.1) is 0 Å². The van der Waals surface area contributed by atoms with E-state index >= 15 is 0 Å². The number of rotatable bonds is 8. The lowest BCUT2D eigenvalue weighted by Gasteiger charge is -1.97. The van der Waals surface area contributed by atoms with Gasteiger partial charge in [0.1, 0.15) is 0 Å². The molecular weight excluding hydrogens is 284 g/mol. The number of hydrogen-bond donors (Lipinski definition) is 0. The topological polar surface area (TPSA) is 65.1 Å². The van der Waals surface area contributed by atoms with Crippen molar-refractivity contribution in [2.24, 2.45) is 0 Å². The van der Waals surface area contributed by atoms with Gasteiger partial charge in [-0.1, -0.05) is 33.4 Å². The van der Waals surface area contributed by atoms with E-state index < -0.39 is 0 Å². The van der Waals surface area contributed by atoms with E-state index in [1.807, 2.05) is 26.0 Å². The van der Waals surface area contributed by atoms with Crippen LogP contribution in [0.3, 0.4) is 0 Å². The van der Waals surface area contributed by atoms with Crippen molar-refractivity contribution in [1.29, 1.82) is 0 Å². The van der Waals surface area contributed by atoms with Gasteiger partial charge in [-0.05, 0) is 26.7 Å². The highest BCUT2D eigenvalue weighted by atomic mass is 16.6. The van der Waals surface area contributed by atoms with Gasteiger partial charge in [0.15, 0.2) is 0 Å². The van der Waals surface area contributed by atoms with Gasteiger partial charge in [0.2, 0.25) is 0 Å². The van der Waals surface area contributed by atoms with Crippen LogP contribution >= 0.6 is 0 Å². The Morgan fingerprint density at radius 2 is 1.55 bits per heavy atom. The smallest absolute Gasteiger partial charge is 0.309 e. The maximum absolute atomic E-state index is 10.9. The summed E-state index contributed by atoms with van der Waals surface area (Å²) in [7, 11) is 0. The van der Waals surface area contributed by atoms with E-state index in [0.29, 0.717) is 32.2 Å². The first kappa shape index (κ1) is 22.9. The number of hydrogen-bond acceptors (Lipinski definition) is 5. The van der Waals surface area contributed by atoms with Crippen LogP contribution in [0.25, 0.3) is 0 Å². The minimum Gasteiger partial charge on any atom is -0.466 e. The molecule has 1 aliphatic rings. The van der Waals surface area contributed by atoms with Crippen LogP contribution in [0.4, 0.5) is 0 Å². The Morgan fingerprint density at radius 1 is 0.955 bits per heavy atom. The Bertz CT molecular complexity index is 325. The normalized spacial score (nSPS) is 18.7. The molecule has 0 bridgehead atoms. The fraction of sp³-hybridized carbons (Fsp3) is 0.765. The third-order valence-corrected chi connectivity index (χ3v) is 2.76. The van der Waals surface area contributed by atoms with E-state index in [2.05, 4.69) is 6.92 Å². The summed E-state index contributed by atoms with van der Waals surface area (Å²) in [6, 6.07) is 0. The largest absolute Gasteiger partial charge is 0.466 e. The Kier molecular flexibility index (Phi) is 15.2. The van der Waals surface area contributed by atoms with E-state index in [0.717, 1.165) is 12.8 Å².